The molecule has 2 aliphatic rings. The molecule has 0 bridgehead atoms. The first-order valence-electron chi connectivity index (χ1n) is 16.8. The van der Waals surface area contributed by atoms with Crippen LogP contribution < -0.4 is 16.2 Å². The van der Waals surface area contributed by atoms with Crippen molar-refractivity contribution in [3.05, 3.63) is 86.3 Å². The first kappa shape index (κ1) is 32.9. The number of H-pyrrole nitrogens is 1. The Morgan fingerprint density at radius 2 is 1.71 bits per heavy atom. The molecule has 242 valence electrons. The van der Waals surface area contributed by atoms with E-state index < -0.39 is 0 Å². The predicted molar refractivity (Wildman–Crippen MR) is 183 cm³/mol. The predicted octanol–water partition coefficient (Wildman–Crippen LogP) is 5.79. The number of nitrogens with one attached hydrogen (secondary N) is 3. The minimum Gasteiger partial charge on any atom is -0.382 e. The molecule has 2 aliphatic heterocycles. The van der Waals surface area contributed by atoms with Crippen molar-refractivity contribution in [2.24, 2.45) is 0 Å². The van der Waals surface area contributed by atoms with E-state index in [1.165, 1.54) is 18.4 Å². The van der Waals surface area contributed by atoms with Gasteiger partial charge in [0.05, 0.1) is 13.2 Å². The quantitative estimate of drug-likeness (QED) is 0.254. The van der Waals surface area contributed by atoms with Crippen LogP contribution in [0.15, 0.2) is 47.3 Å². The summed E-state index contributed by atoms with van der Waals surface area (Å²) in [7, 11) is 0. The summed E-state index contributed by atoms with van der Waals surface area (Å²) in [4.78, 5) is 34.3. The molecule has 1 aromatic heterocycles. The number of hydrogen-bond acceptors (Lipinski definition) is 6. The maximum absolute atomic E-state index is 13.7. The fourth-order valence-corrected chi connectivity index (χ4v) is 6.84. The number of pyridine rings is 1. The second-order valence-electron chi connectivity index (χ2n) is 12.8. The highest BCUT2D eigenvalue weighted by Gasteiger charge is 2.26. The number of anilines is 1. The summed E-state index contributed by atoms with van der Waals surface area (Å²) < 4.78 is 5.55. The highest BCUT2D eigenvalue weighted by atomic mass is 16.5. The molecule has 3 aromatic rings. The van der Waals surface area contributed by atoms with Crippen molar-refractivity contribution >= 4 is 11.6 Å². The van der Waals surface area contributed by atoms with Gasteiger partial charge in [-0.25, -0.2) is 0 Å². The maximum atomic E-state index is 13.7. The van der Waals surface area contributed by atoms with E-state index in [9.17, 15) is 9.59 Å². The lowest BCUT2D eigenvalue weighted by atomic mass is 9.95. The summed E-state index contributed by atoms with van der Waals surface area (Å²) in [5.74, 6) is -0.180. The topological polar surface area (TPSA) is 89.7 Å². The van der Waals surface area contributed by atoms with Crippen LogP contribution in [0.1, 0.15) is 77.8 Å². The van der Waals surface area contributed by atoms with Crippen LogP contribution in [-0.4, -0.2) is 72.2 Å². The van der Waals surface area contributed by atoms with E-state index in [-0.39, 0.29) is 18.0 Å². The molecule has 45 heavy (non-hydrogen) atoms. The van der Waals surface area contributed by atoms with Crippen LogP contribution in [0, 0.1) is 20.8 Å². The van der Waals surface area contributed by atoms with Gasteiger partial charge in [-0.05, 0) is 112 Å². The van der Waals surface area contributed by atoms with Crippen molar-refractivity contribution in [1.82, 2.24) is 20.1 Å². The molecule has 2 aromatic carbocycles. The first-order valence-corrected chi connectivity index (χ1v) is 16.8. The van der Waals surface area contributed by atoms with Gasteiger partial charge in [-0.1, -0.05) is 32.0 Å². The molecule has 1 amide bonds. The lowest BCUT2D eigenvalue weighted by Gasteiger charge is -2.40. The second kappa shape index (κ2) is 15.2. The number of nitrogens with zero attached hydrogens (tertiary/aromatic N) is 2. The number of piperidine rings is 1. The largest absolute Gasteiger partial charge is 0.382 e. The third kappa shape index (κ3) is 8.23. The summed E-state index contributed by atoms with van der Waals surface area (Å²) in [5.41, 5.74) is 8.03. The van der Waals surface area contributed by atoms with Gasteiger partial charge in [0.2, 0.25) is 0 Å². The monoisotopic (exact) mass is 613 g/mol. The summed E-state index contributed by atoms with van der Waals surface area (Å²) in [6.07, 6.45) is 4.40. The van der Waals surface area contributed by atoms with Crippen LogP contribution in [0.3, 0.4) is 0 Å². The molecule has 0 radical (unpaired) electrons. The third-order valence-corrected chi connectivity index (χ3v) is 9.70. The van der Waals surface area contributed by atoms with Crippen molar-refractivity contribution in [1.29, 1.82) is 0 Å². The Morgan fingerprint density at radius 3 is 2.40 bits per heavy atom. The lowest BCUT2D eigenvalue weighted by Crippen LogP contribution is -2.48. The van der Waals surface area contributed by atoms with Gasteiger partial charge in [0.25, 0.3) is 11.5 Å². The van der Waals surface area contributed by atoms with E-state index in [1.807, 2.05) is 32.9 Å². The zero-order valence-electron chi connectivity index (χ0n) is 27.8. The SMILES string of the molecule is CCC(CC)Nc1cc(-c2cccc(CN3CCC(N4CCOCC4)CC3)c2)cc(C(=O)NCc2c(C)cc(C)[nH]c2=O)c1C. The summed E-state index contributed by atoms with van der Waals surface area (Å²) in [6, 6.07) is 15.9. The molecule has 0 aliphatic carbocycles. The van der Waals surface area contributed by atoms with Crippen molar-refractivity contribution < 1.29 is 9.53 Å². The van der Waals surface area contributed by atoms with E-state index in [1.54, 1.807) is 0 Å². The van der Waals surface area contributed by atoms with Crippen molar-refractivity contribution in [2.75, 3.05) is 44.7 Å². The molecule has 2 saturated heterocycles. The number of benzene rings is 2. The molecule has 0 spiro atoms. The summed E-state index contributed by atoms with van der Waals surface area (Å²) in [6.45, 7) is 17.3. The molecule has 3 heterocycles. The summed E-state index contributed by atoms with van der Waals surface area (Å²) in [5, 5.41) is 6.74. The number of ether oxygens (including phenoxy) is 1. The van der Waals surface area contributed by atoms with Crippen LogP contribution >= 0.6 is 0 Å². The van der Waals surface area contributed by atoms with Crippen LogP contribution in [0.25, 0.3) is 11.1 Å². The van der Waals surface area contributed by atoms with Gasteiger partial charge in [0.1, 0.15) is 0 Å². The molecular weight excluding hydrogens is 562 g/mol. The number of rotatable bonds is 11. The Labute approximate surface area is 268 Å². The Kier molecular flexibility index (Phi) is 11.1. The van der Waals surface area contributed by atoms with Crippen molar-refractivity contribution in [2.45, 2.75) is 85.5 Å². The fraction of sp³-hybridized carbons (Fsp3) is 0.514. The zero-order valence-corrected chi connectivity index (χ0v) is 27.8. The number of likely N-dealkylation sites (tertiary alicyclic amines) is 1. The second-order valence-corrected chi connectivity index (χ2v) is 12.8. The molecular formula is C37H51N5O3. The van der Waals surface area contributed by atoms with Gasteiger partial charge >= 0.3 is 0 Å². The normalized spacial score (nSPS) is 16.7. The van der Waals surface area contributed by atoms with Gasteiger partial charge in [-0.2, -0.15) is 0 Å². The molecule has 0 atom stereocenters. The highest BCUT2D eigenvalue weighted by molar-refractivity contribution is 5.98. The minimum atomic E-state index is -0.180. The van der Waals surface area contributed by atoms with E-state index in [0.29, 0.717) is 23.2 Å². The fourth-order valence-electron chi connectivity index (χ4n) is 6.84. The zero-order chi connectivity index (χ0) is 31.9. The number of morpholine rings is 1. The first-order chi connectivity index (χ1) is 21.7. The average Bonchev–Trinajstić information content (AvgIpc) is 3.04. The number of aromatic nitrogens is 1. The van der Waals surface area contributed by atoms with Crippen LogP contribution in [0.5, 0.6) is 0 Å². The standard InChI is InChI=1S/C37H51N5O3/c1-6-31(7-2)40-35-22-30(21-33(27(35)5)36(43)38-23-34-25(3)19-26(4)39-37(34)44)29-10-8-9-28(20-29)24-41-13-11-32(12-14-41)42-15-17-45-18-16-42/h8-10,19-22,31-32,40H,6-7,11-18,23-24H2,1-5H3,(H,38,43)(H,39,44). The van der Waals surface area contributed by atoms with Crippen LogP contribution in [0.4, 0.5) is 5.69 Å². The van der Waals surface area contributed by atoms with Crippen molar-refractivity contribution in [3.8, 4) is 11.1 Å². The van der Waals surface area contributed by atoms with E-state index in [4.69, 9.17) is 4.74 Å². The molecule has 0 saturated carbocycles. The minimum absolute atomic E-state index is 0.156. The van der Waals surface area contributed by atoms with Gasteiger partial charge < -0.3 is 20.4 Å². The molecule has 8 heteroatoms. The Morgan fingerprint density at radius 1 is 0.978 bits per heavy atom. The maximum Gasteiger partial charge on any atom is 0.253 e. The van der Waals surface area contributed by atoms with Gasteiger partial charge in [0, 0.05) is 60.8 Å². The Balaban J connectivity index is 1.35. The van der Waals surface area contributed by atoms with Gasteiger partial charge in [-0.15, -0.1) is 0 Å². The Hall–Kier alpha value is -3.46. The van der Waals surface area contributed by atoms with Gasteiger partial charge in [-0.3, -0.25) is 19.4 Å². The number of hydrogen-bond donors (Lipinski definition) is 3. The van der Waals surface area contributed by atoms with E-state index in [2.05, 4.69) is 69.6 Å². The van der Waals surface area contributed by atoms with Crippen LogP contribution in [-0.2, 0) is 17.8 Å². The van der Waals surface area contributed by atoms with Gasteiger partial charge in [0.15, 0.2) is 0 Å². The molecule has 8 nitrogen and oxygen atoms in total. The third-order valence-electron chi connectivity index (χ3n) is 9.70. The number of amides is 1. The van der Waals surface area contributed by atoms with Crippen LogP contribution in [0.2, 0.25) is 0 Å². The highest BCUT2D eigenvalue weighted by Crippen LogP contribution is 2.31. The van der Waals surface area contributed by atoms with E-state index in [0.717, 1.165) is 92.4 Å². The smallest absolute Gasteiger partial charge is 0.253 e. The molecule has 3 N–H and O–H groups in total. The number of aryl methyl sites for hydroxylation is 2. The molecule has 0 unspecified atom stereocenters. The number of carbonyl (C=O) groups is 1. The molecule has 5 rings (SSSR count). The number of aromatic amines is 1. The van der Waals surface area contributed by atoms with Crippen molar-refractivity contribution in [3.63, 3.8) is 0 Å². The Bertz CT molecular complexity index is 1510. The van der Waals surface area contributed by atoms with E-state index >= 15 is 0 Å². The summed E-state index contributed by atoms with van der Waals surface area (Å²) >= 11 is 0. The average molecular weight is 614 g/mol. The lowest BCUT2D eigenvalue weighted by molar-refractivity contribution is 0.000231. The molecule has 2 fully saturated rings. The number of carbonyl (C=O) groups excluding carboxylic acids is 1.